The summed E-state index contributed by atoms with van der Waals surface area (Å²) in [5.74, 6) is 2.00. The van der Waals surface area contributed by atoms with Crippen LogP contribution in [0.3, 0.4) is 0 Å². The number of carbonyl (C=O) groups excluding carboxylic acids is 1. The van der Waals surface area contributed by atoms with Gasteiger partial charge in [0.25, 0.3) is 5.91 Å². The number of fused-ring (bicyclic) bond motifs is 1. The molecule has 0 saturated heterocycles. The Morgan fingerprint density at radius 2 is 1.72 bits per heavy atom. The summed E-state index contributed by atoms with van der Waals surface area (Å²) in [4.78, 5) is 17.8. The Balaban J connectivity index is 1.79. The summed E-state index contributed by atoms with van der Waals surface area (Å²) in [5.41, 5.74) is 3.57. The van der Waals surface area contributed by atoms with E-state index in [9.17, 15) is 4.79 Å². The highest BCUT2D eigenvalue weighted by Gasteiger charge is 2.34. The highest BCUT2D eigenvalue weighted by molar-refractivity contribution is 6.06. The van der Waals surface area contributed by atoms with Gasteiger partial charge >= 0.3 is 0 Å². The van der Waals surface area contributed by atoms with Crippen LogP contribution in [0.15, 0.2) is 54.0 Å². The normalized spacial score (nSPS) is 15.0. The summed E-state index contributed by atoms with van der Waals surface area (Å²) in [6.45, 7) is 3.80. The lowest BCUT2D eigenvalue weighted by Gasteiger charge is -2.29. The van der Waals surface area contributed by atoms with Crippen LogP contribution in [0, 0.1) is 6.92 Å². The summed E-state index contributed by atoms with van der Waals surface area (Å²) in [7, 11) is 4.72. The molecule has 9 nitrogen and oxygen atoms in total. The average Bonchev–Trinajstić information content (AvgIpc) is 3.25. The molecule has 4 rings (SSSR count). The van der Waals surface area contributed by atoms with Crippen molar-refractivity contribution in [2.24, 2.45) is 0 Å². The fourth-order valence-electron chi connectivity index (χ4n) is 3.83. The molecule has 1 atom stereocenters. The molecule has 0 spiro atoms. The molecule has 0 fully saturated rings. The molecule has 0 radical (unpaired) electrons. The predicted molar refractivity (Wildman–Crippen MR) is 120 cm³/mol. The highest BCUT2D eigenvalue weighted by atomic mass is 16.5. The molecule has 166 valence electrons. The molecular weight excluding hydrogens is 410 g/mol. The molecule has 1 aliphatic heterocycles. The van der Waals surface area contributed by atoms with Gasteiger partial charge in [-0.15, -0.1) is 0 Å². The van der Waals surface area contributed by atoms with E-state index in [2.05, 4.69) is 20.7 Å². The molecule has 1 aliphatic rings. The topological polar surface area (TPSA) is 99.5 Å². The number of allylic oxidation sites excluding steroid dienone is 1. The summed E-state index contributed by atoms with van der Waals surface area (Å²) in [5, 5.41) is 10.5. The molecule has 2 aromatic carbocycles. The van der Waals surface area contributed by atoms with Crippen LogP contribution in [-0.4, -0.2) is 42.0 Å². The molecule has 1 amide bonds. The Morgan fingerprint density at radius 1 is 1.00 bits per heavy atom. The molecule has 1 aromatic heterocycles. The SMILES string of the molecule is COc1ccc(C)cc1NC(=O)C1=C(C)Nc2ncnn2[C@@H]1c1ccc(OC)c(OC)c1. The molecular formula is C23H25N5O4. The Labute approximate surface area is 186 Å². The van der Waals surface area contributed by atoms with E-state index in [-0.39, 0.29) is 5.91 Å². The lowest BCUT2D eigenvalue weighted by atomic mass is 9.94. The van der Waals surface area contributed by atoms with Crippen LogP contribution in [0.2, 0.25) is 0 Å². The van der Waals surface area contributed by atoms with Crippen molar-refractivity contribution in [3.05, 3.63) is 65.1 Å². The molecule has 2 heterocycles. The number of amides is 1. The minimum atomic E-state index is -0.524. The van der Waals surface area contributed by atoms with Gasteiger partial charge in [0.2, 0.25) is 5.95 Å². The number of hydrogen-bond donors (Lipinski definition) is 2. The van der Waals surface area contributed by atoms with E-state index >= 15 is 0 Å². The predicted octanol–water partition coefficient (Wildman–Crippen LogP) is 3.54. The molecule has 9 heteroatoms. The standard InChI is InChI=1S/C23H25N5O4/c1-13-6-8-17(30-3)16(10-13)27-22(29)20-14(2)26-23-24-12-25-28(23)21(20)15-7-9-18(31-4)19(11-15)32-5/h6-12,21H,1-5H3,(H,27,29)(H,24,25,26)/t21-/m1/s1. The van der Waals surface area contributed by atoms with Crippen molar-refractivity contribution in [1.82, 2.24) is 14.8 Å². The number of methoxy groups -OCH3 is 3. The van der Waals surface area contributed by atoms with Crippen LogP contribution in [-0.2, 0) is 4.79 Å². The van der Waals surface area contributed by atoms with Gasteiger partial charge in [-0.25, -0.2) is 4.68 Å². The molecule has 0 bridgehead atoms. The van der Waals surface area contributed by atoms with Gasteiger partial charge in [-0.1, -0.05) is 12.1 Å². The van der Waals surface area contributed by atoms with Crippen molar-refractivity contribution >= 4 is 17.5 Å². The van der Waals surface area contributed by atoms with Crippen LogP contribution >= 0.6 is 0 Å². The van der Waals surface area contributed by atoms with Crippen molar-refractivity contribution < 1.29 is 19.0 Å². The van der Waals surface area contributed by atoms with Gasteiger partial charge in [0.1, 0.15) is 18.1 Å². The first-order chi connectivity index (χ1) is 15.5. The fourth-order valence-corrected chi connectivity index (χ4v) is 3.83. The zero-order chi connectivity index (χ0) is 22.8. The van der Waals surface area contributed by atoms with Gasteiger partial charge in [-0.05, 0) is 49.2 Å². The minimum Gasteiger partial charge on any atom is -0.495 e. The number of rotatable bonds is 6. The van der Waals surface area contributed by atoms with Crippen molar-refractivity contribution in [3.63, 3.8) is 0 Å². The second-order valence-electron chi connectivity index (χ2n) is 7.37. The van der Waals surface area contributed by atoms with Crippen molar-refractivity contribution in [2.45, 2.75) is 19.9 Å². The van der Waals surface area contributed by atoms with Crippen LogP contribution in [0.1, 0.15) is 24.1 Å². The average molecular weight is 435 g/mol. The minimum absolute atomic E-state index is 0.278. The zero-order valence-corrected chi connectivity index (χ0v) is 18.6. The number of nitrogens with one attached hydrogen (secondary N) is 2. The van der Waals surface area contributed by atoms with Gasteiger partial charge in [0.15, 0.2) is 11.5 Å². The number of nitrogens with zero attached hydrogens (tertiary/aromatic N) is 3. The van der Waals surface area contributed by atoms with Crippen LogP contribution < -0.4 is 24.8 Å². The summed E-state index contributed by atoms with van der Waals surface area (Å²) in [6, 6.07) is 10.6. The number of ether oxygens (including phenoxy) is 3. The number of carbonyl (C=O) groups is 1. The van der Waals surface area contributed by atoms with Crippen molar-refractivity contribution in [1.29, 1.82) is 0 Å². The maximum absolute atomic E-state index is 13.6. The smallest absolute Gasteiger partial charge is 0.255 e. The lowest BCUT2D eigenvalue weighted by Crippen LogP contribution is -2.31. The maximum atomic E-state index is 13.6. The second kappa shape index (κ2) is 8.62. The molecule has 0 unspecified atom stereocenters. The third kappa shape index (κ3) is 3.73. The maximum Gasteiger partial charge on any atom is 0.255 e. The van der Waals surface area contributed by atoms with Crippen molar-refractivity contribution in [2.75, 3.05) is 32.0 Å². The Kier molecular flexibility index (Phi) is 5.72. The Bertz CT molecular complexity index is 1200. The van der Waals surface area contributed by atoms with Gasteiger partial charge in [0, 0.05) is 5.70 Å². The molecule has 0 saturated carbocycles. The van der Waals surface area contributed by atoms with E-state index in [1.165, 1.54) is 6.33 Å². The van der Waals surface area contributed by atoms with E-state index in [1.54, 1.807) is 32.1 Å². The molecule has 32 heavy (non-hydrogen) atoms. The second-order valence-corrected chi connectivity index (χ2v) is 7.37. The van der Waals surface area contributed by atoms with E-state index in [1.807, 2.05) is 44.2 Å². The molecule has 3 aromatic rings. The monoisotopic (exact) mass is 435 g/mol. The summed E-state index contributed by atoms with van der Waals surface area (Å²) >= 11 is 0. The first-order valence-electron chi connectivity index (χ1n) is 10.0. The Morgan fingerprint density at radius 3 is 2.44 bits per heavy atom. The molecule has 2 N–H and O–H groups in total. The number of benzene rings is 2. The number of aryl methyl sites for hydroxylation is 1. The van der Waals surface area contributed by atoms with Crippen LogP contribution in [0.25, 0.3) is 0 Å². The van der Waals surface area contributed by atoms with Crippen LogP contribution in [0.4, 0.5) is 11.6 Å². The first-order valence-corrected chi connectivity index (χ1v) is 10.0. The van der Waals surface area contributed by atoms with E-state index in [0.717, 1.165) is 11.1 Å². The van der Waals surface area contributed by atoms with E-state index < -0.39 is 6.04 Å². The molecule has 0 aliphatic carbocycles. The van der Waals surface area contributed by atoms with Crippen molar-refractivity contribution in [3.8, 4) is 17.2 Å². The Hall–Kier alpha value is -4.01. The zero-order valence-electron chi connectivity index (χ0n) is 18.6. The van der Waals surface area contributed by atoms with E-state index in [4.69, 9.17) is 14.2 Å². The number of aromatic nitrogens is 3. The summed E-state index contributed by atoms with van der Waals surface area (Å²) < 4.78 is 17.9. The van der Waals surface area contributed by atoms with Gasteiger partial charge in [0.05, 0.1) is 32.6 Å². The third-order valence-electron chi connectivity index (χ3n) is 5.37. The largest absolute Gasteiger partial charge is 0.495 e. The van der Waals surface area contributed by atoms with Gasteiger partial charge < -0.3 is 24.8 Å². The van der Waals surface area contributed by atoms with Crippen LogP contribution in [0.5, 0.6) is 17.2 Å². The number of anilines is 2. The summed E-state index contributed by atoms with van der Waals surface area (Å²) in [6.07, 6.45) is 1.45. The third-order valence-corrected chi connectivity index (χ3v) is 5.37. The first kappa shape index (κ1) is 21.2. The van der Waals surface area contributed by atoms with E-state index in [0.29, 0.717) is 40.2 Å². The van der Waals surface area contributed by atoms with Gasteiger partial charge in [-0.3, -0.25) is 4.79 Å². The number of hydrogen-bond acceptors (Lipinski definition) is 7. The van der Waals surface area contributed by atoms with Gasteiger partial charge in [-0.2, -0.15) is 10.1 Å². The fraction of sp³-hybridized carbons (Fsp3) is 0.261. The quantitative estimate of drug-likeness (QED) is 0.611. The lowest BCUT2D eigenvalue weighted by molar-refractivity contribution is -0.113. The highest BCUT2D eigenvalue weighted by Crippen LogP contribution is 2.39.